The summed E-state index contributed by atoms with van der Waals surface area (Å²) < 4.78 is 0. The van der Waals surface area contributed by atoms with Gasteiger partial charge in [-0.05, 0) is 37.0 Å². The van der Waals surface area contributed by atoms with E-state index in [0.29, 0.717) is 48.9 Å². The molecule has 1 fully saturated rings. The lowest BCUT2D eigenvalue weighted by molar-refractivity contribution is 0.0977. The molecule has 0 spiro atoms. The topological polar surface area (TPSA) is 125 Å². The van der Waals surface area contributed by atoms with E-state index < -0.39 is 5.54 Å². The summed E-state index contributed by atoms with van der Waals surface area (Å²) >= 11 is 1.28. The van der Waals surface area contributed by atoms with Crippen LogP contribution in [0.2, 0.25) is 0 Å². The Morgan fingerprint density at radius 3 is 2.79 bits per heavy atom. The van der Waals surface area contributed by atoms with Gasteiger partial charge in [0.15, 0.2) is 5.13 Å². The minimum Gasteiger partial charge on any atom is -0.394 e. The third-order valence-electron chi connectivity index (χ3n) is 6.51. The number of fused-ring (bicyclic) bond motifs is 1. The van der Waals surface area contributed by atoms with Crippen LogP contribution in [0.3, 0.4) is 0 Å². The monoisotopic (exact) mass is 478 g/mol. The number of hydrogen-bond acceptors (Lipinski definition) is 8. The highest BCUT2D eigenvalue weighted by molar-refractivity contribution is 7.14. The normalized spacial score (nSPS) is 17.4. The summed E-state index contributed by atoms with van der Waals surface area (Å²) in [5.41, 5.74) is 9.04. The maximum Gasteiger partial charge on any atom is 0.275 e. The molecule has 0 unspecified atom stereocenters. The van der Waals surface area contributed by atoms with E-state index >= 15 is 0 Å². The number of nitrogens with one attached hydrogen (secondary N) is 1. The molecule has 2 aliphatic heterocycles. The molecule has 10 heteroatoms. The molecule has 0 bridgehead atoms. The van der Waals surface area contributed by atoms with Gasteiger partial charge in [-0.3, -0.25) is 19.5 Å². The number of carbonyl (C=O) groups excluding carboxylic acids is 2. The fourth-order valence-electron chi connectivity index (χ4n) is 4.40. The number of aliphatic hydroxyl groups excluding tert-OH is 1. The van der Waals surface area contributed by atoms with E-state index in [9.17, 15) is 14.7 Å². The van der Waals surface area contributed by atoms with Crippen LogP contribution in [0.25, 0.3) is 0 Å². The summed E-state index contributed by atoms with van der Waals surface area (Å²) in [7, 11) is 0. The fourth-order valence-corrected chi connectivity index (χ4v) is 5.23. The zero-order valence-electron chi connectivity index (χ0n) is 18.6. The highest BCUT2D eigenvalue weighted by Crippen LogP contribution is 2.31. The molecule has 34 heavy (non-hydrogen) atoms. The van der Waals surface area contributed by atoms with Crippen LogP contribution in [-0.2, 0) is 6.42 Å². The van der Waals surface area contributed by atoms with Gasteiger partial charge in [0, 0.05) is 42.3 Å². The standard InChI is InChI=1S/C24H26N6O3S/c25-24(15-31)7-11-29(12-8-24)20-5-9-26-13-18(20)27-21(32)19-14-34-23(28-19)30-10-6-16-3-1-2-4-17(16)22(30)33/h1-5,9,13-14,31H,6-8,10-12,15,25H2,(H,27,32). The van der Waals surface area contributed by atoms with Gasteiger partial charge in [0.25, 0.3) is 11.8 Å². The van der Waals surface area contributed by atoms with Gasteiger partial charge < -0.3 is 21.1 Å². The van der Waals surface area contributed by atoms with E-state index in [1.165, 1.54) is 11.3 Å². The molecular formula is C24H26N6O3S. The second-order valence-corrected chi connectivity index (χ2v) is 9.57. The predicted molar refractivity (Wildman–Crippen MR) is 132 cm³/mol. The van der Waals surface area contributed by atoms with Crippen molar-refractivity contribution >= 4 is 39.7 Å². The SMILES string of the molecule is NC1(CO)CCN(c2ccncc2NC(=O)c2csc(N3CCc4ccccc4C3=O)n2)CC1. The Morgan fingerprint density at radius 2 is 2.00 bits per heavy atom. The van der Waals surface area contributed by atoms with Gasteiger partial charge in [-0.2, -0.15) is 0 Å². The summed E-state index contributed by atoms with van der Waals surface area (Å²) in [5.74, 6) is -0.455. The number of thiazole rings is 1. The number of nitrogens with two attached hydrogens (primary N) is 1. The molecule has 3 aromatic rings. The Kier molecular flexibility index (Phi) is 6.03. The van der Waals surface area contributed by atoms with Crippen molar-refractivity contribution < 1.29 is 14.7 Å². The van der Waals surface area contributed by atoms with Crippen molar-refractivity contribution in [2.75, 3.05) is 41.4 Å². The zero-order valence-corrected chi connectivity index (χ0v) is 19.4. The predicted octanol–water partition coefficient (Wildman–Crippen LogP) is 2.28. The lowest BCUT2D eigenvalue weighted by Crippen LogP contribution is -2.53. The number of nitrogens with zero attached hydrogens (tertiary/aromatic N) is 4. The molecule has 2 aromatic heterocycles. The van der Waals surface area contributed by atoms with Crippen LogP contribution >= 0.6 is 11.3 Å². The van der Waals surface area contributed by atoms with E-state index in [1.54, 1.807) is 22.7 Å². The Hall–Kier alpha value is -3.34. The molecule has 9 nitrogen and oxygen atoms in total. The van der Waals surface area contributed by atoms with Crippen LogP contribution in [0.15, 0.2) is 48.1 Å². The molecule has 2 aliphatic rings. The van der Waals surface area contributed by atoms with E-state index in [0.717, 1.165) is 17.7 Å². The highest BCUT2D eigenvalue weighted by Gasteiger charge is 2.31. The molecule has 5 rings (SSSR count). The number of hydrogen-bond donors (Lipinski definition) is 3. The summed E-state index contributed by atoms with van der Waals surface area (Å²) in [5, 5.41) is 14.6. The average molecular weight is 479 g/mol. The van der Waals surface area contributed by atoms with Crippen LogP contribution in [0.4, 0.5) is 16.5 Å². The van der Waals surface area contributed by atoms with Gasteiger partial charge in [0.1, 0.15) is 5.69 Å². The highest BCUT2D eigenvalue weighted by atomic mass is 32.1. The third-order valence-corrected chi connectivity index (χ3v) is 7.38. The first-order valence-corrected chi connectivity index (χ1v) is 12.1. The van der Waals surface area contributed by atoms with Crippen molar-refractivity contribution in [2.24, 2.45) is 5.73 Å². The van der Waals surface area contributed by atoms with E-state index in [4.69, 9.17) is 5.73 Å². The van der Waals surface area contributed by atoms with Gasteiger partial charge in [-0.1, -0.05) is 18.2 Å². The molecule has 0 saturated carbocycles. The van der Waals surface area contributed by atoms with E-state index in [2.05, 4.69) is 20.2 Å². The van der Waals surface area contributed by atoms with Crippen molar-refractivity contribution in [3.05, 3.63) is 64.9 Å². The van der Waals surface area contributed by atoms with Crippen LogP contribution in [0.5, 0.6) is 0 Å². The Morgan fingerprint density at radius 1 is 1.21 bits per heavy atom. The average Bonchev–Trinajstić information content (AvgIpc) is 3.36. The molecular weight excluding hydrogens is 452 g/mol. The molecule has 4 heterocycles. The molecule has 0 atom stereocenters. The first kappa shape index (κ1) is 22.5. The number of rotatable bonds is 5. The van der Waals surface area contributed by atoms with Gasteiger partial charge in [0.05, 0.1) is 24.2 Å². The maximum absolute atomic E-state index is 13.0. The lowest BCUT2D eigenvalue weighted by atomic mass is 9.89. The second kappa shape index (κ2) is 9.13. The molecule has 4 N–H and O–H groups in total. The van der Waals surface area contributed by atoms with Crippen LogP contribution in [0.1, 0.15) is 39.3 Å². The van der Waals surface area contributed by atoms with E-state index in [1.807, 2.05) is 30.3 Å². The maximum atomic E-state index is 13.0. The Balaban J connectivity index is 1.30. The first-order valence-electron chi connectivity index (χ1n) is 11.2. The van der Waals surface area contributed by atoms with Crippen LogP contribution in [-0.4, -0.2) is 58.7 Å². The summed E-state index contributed by atoms with van der Waals surface area (Å²) in [4.78, 5) is 38.3. The fraction of sp³-hybridized carbons (Fsp3) is 0.333. The smallest absolute Gasteiger partial charge is 0.275 e. The number of anilines is 3. The Labute approximate surface area is 201 Å². The van der Waals surface area contributed by atoms with Gasteiger partial charge in [-0.15, -0.1) is 11.3 Å². The van der Waals surface area contributed by atoms with Crippen LogP contribution < -0.4 is 20.9 Å². The number of piperidine rings is 1. The molecule has 176 valence electrons. The Bertz CT molecular complexity index is 1220. The quantitative estimate of drug-likeness (QED) is 0.514. The van der Waals surface area contributed by atoms with Gasteiger partial charge in [-0.25, -0.2) is 4.98 Å². The van der Waals surface area contributed by atoms with Crippen LogP contribution in [0, 0.1) is 0 Å². The number of amides is 2. The molecule has 1 aromatic carbocycles. The number of aliphatic hydroxyl groups is 1. The first-order chi connectivity index (χ1) is 16.5. The van der Waals surface area contributed by atoms with Crippen molar-refractivity contribution in [3.63, 3.8) is 0 Å². The summed E-state index contributed by atoms with van der Waals surface area (Å²) in [6, 6.07) is 9.44. The van der Waals surface area contributed by atoms with Gasteiger partial charge in [0.2, 0.25) is 0 Å². The molecule has 0 radical (unpaired) electrons. The van der Waals surface area contributed by atoms with E-state index in [-0.39, 0.29) is 24.1 Å². The van der Waals surface area contributed by atoms with Crippen molar-refractivity contribution in [1.29, 1.82) is 0 Å². The van der Waals surface area contributed by atoms with Crippen molar-refractivity contribution in [3.8, 4) is 0 Å². The number of pyridine rings is 1. The summed E-state index contributed by atoms with van der Waals surface area (Å²) in [6.07, 6.45) is 5.35. The molecule has 1 saturated heterocycles. The van der Waals surface area contributed by atoms with Crippen molar-refractivity contribution in [2.45, 2.75) is 24.8 Å². The number of carbonyl (C=O) groups is 2. The second-order valence-electron chi connectivity index (χ2n) is 8.73. The van der Waals surface area contributed by atoms with Gasteiger partial charge >= 0.3 is 0 Å². The molecule has 2 amide bonds. The molecule has 0 aliphatic carbocycles. The third kappa shape index (κ3) is 4.27. The minimum atomic E-state index is -0.559. The zero-order chi connectivity index (χ0) is 23.7. The number of benzene rings is 1. The largest absolute Gasteiger partial charge is 0.394 e. The summed E-state index contributed by atoms with van der Waals surface area (Å²) in [6.45, 7) is 1.83. The minimum absolute atomic E-state index is 0.0436. The number of aromatic nitrogens is 2. The van der Waals surface area contributed by atoms with Crippen molar-refractivity contribution in [1.82, 2.24) is 9.97 Å². The lowest BCUT2D eigenvalue weighted by Gasteiger charge is -2.39.